The molecule has 0 bridgehead atoms. The van der Waals surface area contributed by atoms with Crippen LogP contribution in [0.15, 0.2) is 24.3 Å². The Morgan fingerprint density at radius 1 is 1.25 bits per heavy atom. The van der Waals surface area contributed by atoms with Crippen molar-refractivity contribution < 1.29 is 0 Å². The van der Waals surface area contributed by atoms with Crippen LogP contribution in [-0.2, 0) is 13.0 Å². The average molecular weight is 273 g/mol. The predicted octanol–water partition coefficient (Wildman–Crippen LogP) is 3.77. The molecule has 1 N–H and O–H groups in total. The van der Waals surface area contributed by atoms with Crippen molar-refractivity contribution in [1.29, 1.82) is 0 Å². The molecular formula is C17H27N3. The van der Waals surface area contributed by atoms with Gasteiger partial charge in [-0.3, -0.25) is 0 Å². The van der Waals surface area contributed by atoms with Crippen molar-refractivity contribution in [2.75, 3.05) is 6.54 Å². The van der Waals surface area contributed by atoms with Crippen molar-refractivity contribution in [2.45, 2.75) is 59.0 Å². The molecule has 1 aromatic heterocycles. The lowest BCUT2D eigenvalue weighted by atomic mass is 10.2. The van der Waals surface area contributed by atoms with E-state index in [1.54, 1.807) is 0 Å². The number of aromatic nitrogens is 2. The van der Waals surface area contributed by atoms with E-state index in [1.807, 2.05) is 0 Å². The molecule has 110 valence electrons. The summed E-state index contributed by atoms with van der Waals surface area (Å²) in [5.41, 5.74) is 2.42. The van der Waals surface area contributed by atoms with Crippen molar-refractivity contribution in [2.24, 2.45) is 0 Å². The topological polar surface area (TPSA) is 29.9 Å². The van der Waals surface area contributed by atoms with Crippen LogP contribution in [0.3, 0.4) is 0 Å². The summed E-state index contributed by atoms with van der Waals surface area (Å²) in [5, 5.41) is 3.48. The van der Waals surface area contributed by atoms with Gasteiger partial charge in [0.25, 0.3) is 0 Å². The number of nitrogens with zero attached hydrogens (tertiary/aromatic N) is 2. The number of aryl methyl sites for hydroxylation is 2. The summed E-state index contributed by atoms with van der Waals surface area (Å²) in [6.07, 6.45) is 4.63. The summed E-state index contributed by atoms with van der Waals surface area (Å²) in [4.78, 5) is 4.78. The average Bonchev–Trinajstić information content (AvgIpc) is 2.78. The summed E-state index contributed by atoms with van der Waals surface area (Å²) in [5.74, 6) is 1.24. The van der Waals surface area contributed by atoms with Crippen LogP contribution < -0.4 is 5.32 Å². The van der Waals surface area contributed by atoms with E-state index in [2.05, 4.69) is 54.9 Å². The van der Waals surface area contributed by atoms with Crippen molar-refractivity contribution in [1.82, 2.24) is 14.9 Å². The molecule has 0 saturated heterocycles. The van der Waals surface area contributed by atoms with Gasteiger partial charge in [-0.25, -0.2) is 4.98 Å². The molecule has 1 atom stereocenters. The number of fused-ring (bicyclic) bond motifs is 1. The van der Waals surface area contributed by atoms with Crippen molar-refractivity contribution in [3.8, 4) is 0 Å². The standard InChI is InChI=1S/C17H27N3/c1-4-9-17-19-15-11-6-7-12-16(15)20(17)13-8-10-14(3)18-5-2/h6-7,11-12,14,18H,4-5,8-10,13H2,1-3H3. The van der Waals surface area contributed by atoms with E-state index < -0.39 is 0 Å². The summed E-state index contributed by atoms with van der Waals surface area (Å²) in [6.45, 7) is 8.78. The van der Waals surface area contributed by atoms with Gasteiger partial charge in [-0.2, -0.15) is 0 Å². The molecule has 0 saturated carbocycles. The summed E-state index contributed by atoms with van der Waals surface area (Å²) in [7, 11) is 0. The van der Waals surface area contributed by atoms with Crippen LogP contribution in [0.2, 0.25) is 0 Å². The molecule has 0 radical (unpaired) electrons. The van der Waals surface area contributed by atoms with Gasteiger partial charge in [-0.1, -0.05) is 26.0 Å². The summed E-state index contributed by atoms with van der Waals surface area (Å²) in [6, 6.07) is 9.09. The van der Waals surface area contributed by atoms with E-state index in [0.717, 1.165) is 31.4 Å². The highest BCUT2D eigenvalue weighted by atomic mass is 15.1. The maximum atomic E-state index is 4.78. The third-order valence-corrected chi connectivity index (χ3v) is 3.78. The molecule has 2 aromatic rings. The van der Waals surface area contributed by atoms with E-state index in [4.69, 9.17) is 4.98 Å². The van der Waals surface area contributed by atoms with Crippen LogP contribution in [0, 0.1) is 0 Å². The van der Waals surface area contributed by atoms with Gasteiger partial charge in [0.2, 0.25) is 0 Å². The fraction of sp³-hybridized carbons (Fsp3) is 0.588. The maximum absolute atomic E-state index is 4.78. The van der Waals surface area contributed by atoms with Gasteiger partial charge < -0.3 is 9.88 Å². The molecule has 0 fully saturated rings. The van der Waals surface area contributed by atoms with Gasteiger partial charge in [0.15, 0.2) is 0 Å². The molecule has 0 amide bonds. The highest BCUT2D eigenvalue weighted by Crippen LogP contribution is 2.18. The first-order valence-corrected chi connectivity index (χ1v) is 7.93. The minimum atomic E-state index is 0.601. The van der Waals surface area contributed by atoms with Gasteiger partial charge >= 0.3 is 0 Å². The van der Waals surface area contributed by atoms with E-state index in [9.17, 15) is 0 Å². The first-order chi connectivity index (χ1) is 9.76. The molecule has 0 aliphatic heterocycles. The molecule has 1 heterocycles. The van der Waals surface area contributed by atoms with Crippen LogP contribution >= 0.6 is 0 Å². The lowest BCUT2D eigenvalue weighted by Crippen LogP contribution is -2.25. The Balaban J connectivity index is 2.09. The molecule has 2 rings (SSSR count). The van der Waals surface area contributed by atoms with Crippen molar-refractivity contribution in [3.05, 3.63) is 30.1 Å². The number of hydrogen-bond acceptors (Lipinski definition) is 2. The zero-order valence-corrected chi connectivity index (χ0v) is 13.0. The Hall–Kier alpha value is -1.35. The largest absolute Gasteiger partial charge is 0.328 e. The normalized spacial score (nSPS) is 12.9. The molecule has 3 nitrogen and oxygen atoms in total. The van der Waals surface area contributed by atoms with Gasteiger partial charge in [-0.05, 0) is 44.9 Å². The van der Waals surface area contributed by atoms with E-state index in [-0.39, 0.29) is 0 Å². The predicted molar refractivity (Wildman–Crippen MR) is 86.1 cm³/mol. The third-order valence-electron chi connectivity index (χ3n) is 3.78. The number of para-hydroxylation sites is 2. The van der Waals surface area contributed by atoms with E-state index >= 15 is 0 Å². The van der Waals surface area contributed by atoms with Crippen molar-refractivity contribution >= 4 is 11.0 Å². The van der Waals surface area contributed by atoms with Gasteiger partial charge in [0.1, 0.15) is 5.82 Å². The molecule has 20 heavy (non-hydrogen) atoms. The molecule has 0 spiro atoms. The Morgan fingerprint density at radius 3 is 2.80 bits per heavy atom. The number of nitrogens with one attached hydrogen (secondary N) is 1. The molecular weight excluding hydrogens is 246 g/mol. The molecule has 0 aliphatic rings. The third kappa shape index (κ3) is 3.60. The van der Waals surface area contributed by atoms with Gasteiger partial charge in [0.05, 0.1) is 11.0 Å². The second-order valence-corrected chi connectivity index (χ2v) is 5.52. The number of rotatable bonds is 8. The van der Waals surface area contributed by atoms with Crippen LogP contribution in [0.25, 0.3) is 11.0 Å². The molecule has 1 aromatic carbocycles. The van der Waals surface area contributed by atoms with Crippen LogP contribution in [-0.4, -0.2) is 22.1 Å². The van der Waals surface area contributed by atoms with E-state index in [1.165, 1.54) is 24.2 Å². The SMILES string of the molecule is CCCc1nc2ccccc2n1CCCC(C)NCC. The molecule has 3 heteroatoms. The fourth-order valence-corrected chi connectivity index (χ4v) is 2.80. The van der Waals surface area contributed by atoms with E-state index in [0.29, 0.717) is 6.04 Å². The zero-order chi connectivity index (χ0) is 14.4. The summed E-state index contributed by atoms with van der Waals surface area (Å²) < 4.78 is 2.41. The Kier molecular flexibility index (Phi) is 5.60. The Morgan fingerprint density at radius 2 is 2.05 bits per heavy atom. The number of imidazole rings is 1. The first-order valence-electron chi connectivity index (χ1n) is 7.93. The Labute approximate surface area is 122 Å². The minimum absolute atomic E-state index is 0.601. The van der Waals surface area contributed by atoms with Crippen molar-refractivity contribution in [3.63, 3.8) is 0 Å². The van der Waals surface area contributed by atoms with Gasteiger partial charge in [-0.15, -0.1) is 0 Å². The van der Waals surface area contributed by atoms with Crippen LogP contribution in [0.5, 0.6) is 0 Å². The lowest BCUT2D eigenvalue weighted by Gasteiger charge is -2.13. The highest BCUT2D eigenvalue weighted by Gasteiger charge is 2.09. The second kappa shape index (κ2) is 7.44. The highest BCUT2D eigenvalue weighted by molar-refractivity contribution is 5.75. The Bertz CT molecular complexity index is 530. The summed E-state index contributed by atoms with van der Waals surface area (Å²) >= 11 is 0. The smallest absolute Gasteiger partial charge is 0.109 e. The quantitative estimate of drug-likeness (QED) is 0.793. The zero-order valence-electron chi connectivity index (χ0n) is 13.0. The minimum Gasteiger partial charge on any atom is -0.328 e. The van der Waals surface area contributed by atoms with Crippen LogP contribution in [0.1, 0.15) is 45.9 Å². The molecule has 1 unspecified atom stereocenters. The van der Waals surface area contributed by atoms with Gasteiger partial charge in [0, 0.05) is 19.0 Å². The molecule has 0 aliphatic carbocycles. The van der Waals surface area contributed by atoms with Crippen LogP contribution in [0.4, 0.5) is 0 Å². The fourth-order valence-electron chi connectivity index (χ4n) is 2.80. The first kappa shape index (κ1) is 15.0. The monoisotopic (exact) mass is 273 g/mol. The lowest BCUT2D eigenvalue weighted by molar-refractivity contribution is 0.484. The number of hydrogen-bond donors (Lipinski definition) is 1. The maximum Gasteiger partial charge on any atom is 0.109 e. The number of benzene rings is 1. The second-order valence-electron chi connectivity index (χ2n) is 5.52.